The molecule has 1 aliphatic heterocycles. The third kappa shape index (κ3) is 6.25. The summed E-state index contributed by atoms with van der Waals surface area (Å²) in [4.78, 5) is 24.8. The molecular formula is C22H24F3N3O5S. The van der Waals surface area contributed by atoms with Gasteiger partial charge >= 0.3 is 6.18 Å². The predicted octanol–water partition coefficient (Wildman–Crippen LogP) is 3.81. The second-order valence-electron chi connectivity index (χ2n) is 8.00. The molecule has 12 heteroatoms. The zero-order valence-electron chi connectivity index (χ0n) is 18.1. The van der Waals surface area contributed by atoms with Crippen molar-refractivity contribution in [1.29, 1.82) is 0 Å². The molecule has 184 valence electrons. The number of alkyl halides is 3. The fourth-order valence-corrected chi connectivity index (χ4v) is 5.19. The third-order valence-corrected chi connectivity index (χ3v) is 7.51. The number of nitrogens with one attached hydrogen (secondary N) is 1. The number of halogens is 3. The van der Waals surface area contributed by atoms with Crippen molar-refractivity contribution in [3.63, 3.8) is 0 Å². The Kier molecular flexibility index (Phi) is 7.80. The summed E-state index contributed by atoms with van der Waals surface area (Å²) in [5.74, 6) is -0.706. The maximum atomic E-state index is 12.9. The van der Waals surface area contributed by atoms with Crippen LogP contribution in [0.5, 0.6) is 0 Å². The van der Waals surface area contributed by atoms with Gasteiger partial charge in [0.15, 0.2) is 9.84 Å². The summed E-state index contributed by atoms with van der Waals surface area (Å²) in [6.07, 6.45) is -3.70. The lowest BCUT2D eigenvalue weighted by Gasteiger charge is -2.32. The van der Waals surface area contributed by atoms with Gasteiger partial charge < -0.3 is 10.2 Å². The molecule has 0 saturated carbocycles. The Labute approximate surface area is 194 Å². The summed E-state index contributed by atoms with van der Waals surface area (Å²) in [5.41, 5.74) is -1.63. The number of nitro groups is 1. The van der Waals surface area contributed by atoms with Gasteiger partial charge in [-0.3, -0.25) is 14.9 Å². The van der Waals surface area contributed by atoms with Crippen LogP contribution >= 0.6 is 0 Å². The lowest BCUT2D eigenvalue weighted by atomic mass is 9.95. The quantitative estimate of drug-likeness (QED) is 0.336. The van der Waals surface area contributed by atoms with Crippen molar-refractivity contribution < 1.29 is 31.3 Å². The van der Waals surface area contributed by atoms with E-state index in [-0.39, 0.29) is 54.2 Å². The highest BCUT2D eigenvalue weighted by Gasteiger charge is 2.35. The van der Waals surface area contributed by atoms with Crippen LogP contribution in [0.15, 0.2) is 53.4 Å². The van der Waals surface area contributed by atoms with E-state index in [1.807, 2.05) is 0 Å². The molecule has 1 amide bonds. The maximum absolute atomic E-state index is 12.9. The Morgan fingerprint density at radius 3 is 2.35 bits per heavy atom. The molecule has 0 bridgehead atoms. The van der Waals surface area contributed by atoms with Crippen LogP contribution in [-0.4, -0.2) is 44.6 Å². The summed E-state index contributed by atoms with van der Waals surface area (Å²) in [6, 6.07) is 10.5. The Morgan fingerprint density at radius 1 is 1.12 bits per heavy atom. The summed E-state index contributed by atoms with van der Waals surface area (Å²) in [7, 11) is -3.43. The number of nitro benzene ring substituents is 1. The molecule has 0 aliphatic carbocycles. The normalized spacial score (nSPS) is 15.2. The third-order valence-electron chi connectivity index (χ3n) is 5.70. The molecule has 8 nitrogen and oxygen atoms in total. The minimum absolute atomic E-state index is 0.0861. The molecule has 0 aromatic heterocycles. The topological polar surface area (TPSA) is 110 Å². The smallest absolute Gasteiger partial charge is 0.366 e. The predicted molar refractivity (Wildman–Crippen MR) is 119 cm³/mol. The van der Waals surface area contributed by atoms with Gasteiger partial charge in [-0.05, 0) is 43.5 Å². The molecule has 2 aromatic carbocycles. The molecule has 1 saturated heterocycles. The molecule has 1 N–H and O–H groups in total. The van der Waals surface area contributed by atoms with Crippen molar-refractivity contribution in [1.82, 2.24) is 5.32 Å². The molecule has 0 unspecified atom stereocenters. The monoisotopic (exact) mass is 499 g/mol. The first-order valence-corrected chi connectivity index (χ1v) is 12.3. The Balaban J connectivity index is 1.51. The molecule has 3 rings (SSSR count). The molecule has 1 heterocycles. The number of hydrogen-bond acceptors (Lipinski definition) is 6. The summed E-state index contributed by atoms with van der Waals surface area (Å²) < 4.78 is 63.3. The fraction of sp³-hybridized carbons (Fsp3) is 0.409. The van der Waals surface area contributed by atoms with E-state index in [0.29, 0.717) is 18.9 Å². The van der Waals surface area contributed by atoms with Gasteiger partial charge in [-0.2, -0.15) is 13.2 Å². The van der Waals surface area contributed by atoms with Gasteiger partial charge in [-0.1, -0.05) is 18.2 Å². The average molecular weight is 500 g/mol. The van der Waals surface area contributed by atoms with Crippen molar-refractivity contribution in [2.24, 2.45) is 5.92 Å². The highest BCUT2D eigenvalue weighted by atomic mass is 32.2. The molecule has 1 fully saturated rings. The second kappa shape index (κ2) is 10.4. The van der Waals surface area contributed by atoms with E-state index in [1.54, 1.807) is 23.1 Å². The first kappa shape index (κ1) is 25.5. The molecule has 2 aromatic rings. The Hall–Kier alpha value is -3.15. The van der Waals surface area contributed by atoms with E-state index in [2.05, 4.69) is 5.32 Å². The SMILES string of the molecule is O=C(NCCCS(=O)(=O)c1ccccc1)C1CCN(c2ccc(C(F)(F)F)cc2[N+](=O)[O-])CC1. The fourth-order valence-electron chi connectivity index (χ4n) is 3.86. The largest absolute Gasteiger partial charge is 0.416 e. The lowest BCUT2D eigenvalue weighted by molar-refractivity contribution is -0.384. The molecule has 0 atom stereocenters. The molecule has 34 heavy (non-hydrogen) atoms. The summed E-state index contributed by atoms with van der Waals surface area (Å²) >= 11 is 0. The number of carbonyl (C=O) groups is 1. The number of anilines is 1. The van der Waals surface area contributed by atoms with Gasteiger partial charge in [0, 0.05) is 31.6 Å². The minimum Gasteiger partial charge on any atom is -0.366 e. The number of amides is 1. The maximum Gasteiger partial charge on any atom is 0.416 e. The summed E-state index contributed by atoms with van der Waals surface area (Å²) in [6.45, 7) is 0.731. The van der Waals surface area contributed by atoms with Crippen LogP contribution in [0.3, 0.4) is 0 Å². The van der Waals surface area contributed by atoms with E-state index in [0.717, 1.165) is 12.1 Å². The van der Waals surface area contributed by atoms with Crippen molar-refractivity contribution in [2.75, 3.05) is 30.3 Å². The van der Waals surface area contributed by atoms with Crippen LogP contribution in [0.25, 0.3) is 0 Å². The zero-order valence-corrected chi connectivity index (χ0v) is 18.9. The van der Waals surface area contributed by atoms with Crippen LogP contribution in [0, 0.1) is 16.0 Å². The van der Waals surface area contributed by atoms with Crippen LogP contribution in [0.1, 0.15) is 24.8 Å². The zero-order chi connectivity index (χ0) is 24.9. The van der Waals surface area contributed by atoms with Crippen LogP contribution in [-0.2, 0) is 20.8 Å². The van der Waals surface area contributed by atoms with Gasteiger partial charge in [-0.25, -0.2) is 8.42 Å². The van der Waals surface area contributed by atoms with Gasteiger partial charge in [0.1, 0.15) is 5.69 Å². The van der Waals surface area contributed by atoms with Gasteiger partial charge in [0.05, 0.1) is 21.1 Å². The Bertz CT molecular complexity index is 1130. The van der Waals surface area contributed by atoms with E-state index < -0.39 is 32.2 Å². The highest BCUT2D eigenvalue weighted by Crippen LogP contribution is 2.37. The van der Waals surface area contributed by atoms with E-state index in [9.17, 15) is 36.5 Å². The molecule has 1 aliphatic rings. The number of rotatable bonds is 8. The number of sulfone groups is 1. The number of nitrogens with zero attached hydrogens (tertiary/aromatic N) is 2. The van der Waals surface area contributed by atoms with E-state index in [4.69, 9.17) is 0 Å². The van der Waals surface area contributed by atoms with Crippen molar-refractivity contribution >= 4 is 27.1 Å². The van der Waals surface area contributed by atoms with Crippen LogP contribution in [0.2, 0.25) is 0 Å². The summed E-state index contributed by atoms with van der Waals surface area (Å²) in [5, 5.41) is 14.1. The first-order valence-electron chi connectivity index (χ1n) is 10.6. The number of piperidine rings is 1. The molecule has 0 spiro atoms. The van der Waals surface area contributed by atoms with Crippen LogP contribution in [0.4, 0.5) is 24.5 Å². The molecular weight excluding hydrogens is 475 g/mol. The van der Waals surface area contributed by atoms with Crippen LogP contribution < -0.4 is 10.2 Å². The van der Waals surface area contributed by atoms with Gasteiger partial charge in [0.2, 0.25) is 5.91 Å². The van der Waals surface area contributed by atoms with E-state index >= 15 is 0 Å². The number of benzene rings is 2. The Morgan fingerprint density at radius 2 is 1.76 bits per heavy atom. The average Bonchev–Trinajstić information content (AvgIpc) is 2.81. The second-order valence-corrected chi connectivity index (χ2v) is 10.1. The van der Waals surface area contributed by atoms with E-state index in [1.165, 1.54) is 12.1 Å². The van der Waals surface area contributed by atoms with Crippen molar-refractivity contribution in [2.45, 2.75) is 30.3 Å². The van der Waals surface area contributed by atoms with Crippen molar-refractivity contribution in [3.8, 4) is 0 Å². The van der Waals surface area contributed by atoms with Gasteiger partial charge in [0.25, 0.3) is 5.69 Å². The van der Waals surface area contributed by atoms with Gasteiger partial charge in [-0.15, -0.1) is 0 Å². The number of carbonyl (C=O) groups excluding carboxylic acids is 1. The minimum atomic E-state index is -4.69. The number of hydrogen-bond donors (Lipinski definition) is 1. The van der Waals surface area contributed by atoms with Crippen molar-refractivity contribution in [3.05, 3.63) is 64.2 Å². The molecule has 0 radical (unpaired) electrons. The first-order chi connectivity index (χ1) is 16.0. The lowest BCUT2D eigenvalue weighted by Crippen LogP contribution is -2.41. The standard InChI is InChI=1S/C22H24F3N3O5S/c23-22(24,25)17-7-8-19(20(15-17)28(30)31)27-12-9-16(10-13-27)21(29)26-11-4-14-34(32,33)18-5-2-1-3-6-18/h1-3,5-8,15-16H,4,9-14H2,(H,26,29). The highest BCUT2D eigenvalue weighted by molar-refractivity contribution is 7.91.